The first-order chi connectivity index (χ1) is 12.1. The summed E-state index contributed by atoms with van der Waals surface area (Å²) >= 11 is 1.78. The fourth-order valence-electron chi connectivity index (χ4n) is 2.39. The summed E-state index contributed by atoms with van der Waals surface area (Å²) in [5.74, 6) is 0.938. The zero-order valence-electron chi connectivity index (χ0n) is 15.3. The lowest BCUT2D eigenvalue weighted by atomic mass is 10.1. The second-order valence-corrected chi connectivity index (χ2v) is 6.71. The van der Waals surface area contributed by atoms with Crippen molar-refractivity contribution in [2.45, 2.75) is 19.3 Å². The zero-order chi connectivity index (χ0) is 18.1. The minimum atomic E-state index is -0.311. The normalized spacial score (nSPS) is 12.0. The fourth-order valence-corrected chi connectivity index (χ4v) is 3.18. The number of carbonyl (C=O) groups is 1. The second-order valence-electron chi connectivity index (χ2n) is 5.73. The standard InChI is InChI=1S/C19H25N3O2S.HI/c1-14(17-5-4-12-25-17)13-22-19(20-2)21-11-10-15-6-8-16(9-7-15)18(23)24-3;/h4-9,12,14H,10-11,13H2,1-3H3,(H2,20,21,22);1H. The molecule has 0 radical (unpaired) electrons. The third-order valence-electron chi connectivity index (χ3n) is 3.91. The summed E-state index contributed by atoms with van der Waals surface area (Å²) in [4.78, 5) is 17.0. The summed E-state index contributed by atoms with van der Waals surface area (Å²) in [6.45, 7) is 3.81. The van der Waals surface area contributed by atoms with Crippen LogP contribution >= 0.6 is 35.3 Å². The van der Waals surface area contributed by atoms with Gasteiger partial charge in [0.1, 0.15) is 0 Å². The van der Waals surface area contributed by atoms with Gasteiger partial charge in [-0.15, -0.1) is 35.3 Å². The summed E-state index contributed by atoms with van der Waals surface area (Å²) in [6, 6.07) is 11.7. The average Bonchev–Trinajstić information content (AvgIpc) is 3.19. The largest absolute Gasteiger partial charge is 0.465 e. The molecule has 0 saturated carbocycles. The summed E-state index contributed by atoms with van der Waals surface area (Å²) in [5, 5.41) is 8.78. The molecule has 1 atom stereocenters. The highest BCUT2D eigenvalue weighted by atomic mass is 127. The maximum atomic E-state index is 11.4. The number of guanidine groups is 1. The van der Waals surface area contributed by atoms with Crippen LogP contribution in [0.3, 0.4) is 0 Å². The third kappa shape index (κ3) is 6.95. The van der Waals surface area contributed by atoms with Crippen LogP contribution in [0.1, 0.15) is 33.6 Å². The summed E-state index contributed by atoms with van der Waals surface area (Å²) < 4.78 is 4.70. The van der Waals surface area contributed by atoms with Crippen molar-refractivity contribution in [2.24, 2.45) is 4.99 Å². The molecule has 1 unspecified atom stereocenters. The second kappa shape index (κ2) is 11.9. The maximum Gasteiger partial charge on any atom is 0.337 e. The molecule has 142 valence electrons. The molecule has 0 aliphatic carbocycles. The Morgan fingerprint density at radius 2 is 1.96 bits per heavy atom. The van der Waals surface area contributed by atoms with E-state index in [1.165, 1.54) is 12.0 Å². The van der Waals surface area contributed by atoms with Gasteiger partial charge in [-0.05, 0) is 35.6 Å². The van der Waals surface area contributed by atoms with E-state index in [9.17, 15) is 4.79 Å². The number of hydrogen-bond acceptors (Lipinski definition) is 4. The quantitative estimate of drug-likeness (QED) is 0.271. The van der Waals surface area contributed by atoms with Crippen LogP contribution in [0.2, 0.25) is 0 Å². The lowest BCUT2D eigenvalue weighted by Crippen LogP contribution is -2.39. The molecule has 0 bridgehead atoms. The number of hydrogen-bond donors (Lipinski definition) is 2. The van der Waals surface area contributed by atoms with Crippen LogP contribution in [0.25, 0.3) is 0 Å². The van der Waals surface area contributed by atoms with Gasteiger partial charge in [0.2, 0.25) is 0 Å². The lowest BCUT2D eigenvalue weighted by molar-refractivity contribution is 0.0600. The van der Waals surface area contributed by atoms with Gasteiger partial charge in [-0.1, -0.05) is 25.1 Å². The number of halogens is 1. The van der Waals surface area contributed by atoms with Gasteiger partial charge in [0.05, 0.1) is 12.7 Å². The monoisotopic (exact) mass is 487 g/mol. The Balaban J connectivity index is 0.00000338. The number of thiophene rings is 1. The van der Waals surface area contributed by atoms with Gasteiger partial charge in [-0.3, -0.25) is 4.99 Å². The number of nitrogens with zero attached hydrogens (tertiary/aromatic N) is 1. The Morgan fingerprint density at radius 1 is 1.23 bits per heavy atom. The predicted octanol–water partition coefficient (Wildman–Crippen LogP) is 3.66. The van der Waals surface area contributed by atoms with Crippen molar-refractivity contribution in [2.75, 3.05) is 27.2 Å². The first kappa shape index (κ1) is 22.4. The van der Waals surface area contributed by atoms with E-state index in [1.807, 2.05) is 12.1 Å². The van der Waals surface area contributed by atoms with Crippen molar-refractivity contribution in [1.29, 1.82) is 0 Å². The van der Waals surface area contributed by atoms with E-state index in [2.05, 4.69) is 40.1 Å². The molecule has 2 aromatic rings. The Hall–Kier alpha value is -1.61. The SMILES string of the molecule is CN=C(NCCc1ccc(C(=O)OC)cc1)NCC(C)c1cccs1.I. The molecule has 1 aromatic heterocycles. The van der Waals surface area contributed by atoms with E-state index in [1.54, 1.807) is 30.5 Å². The molecule has 7 heteroatoms. The summed E-state index contributed by atoms with van der Waals surface area (Å²) in [6.07, 6.45) is 0.850. The molecule has 0 aliphatic rings. The van der Waals surface area contributed by atoms with E-state index in [0.717, 1.165) is 31.0 Å². The van der Waals surface area contributed by atoms with E-state index < -0.39 is 0 Å². The predicted molar refractivity (Wildman–Crippen MR) is 119 cm³/mol. The molecule has 1 aromatic carbocycles. The smallest absolute Gasteiger partial charge is 0.337 e. The van der Waals surface area contributed by atoms with Crippen molar-refractivity contribution in [3.63, 3.8) is 0 Å². The molecule has 1 heterocycles. The third-order valence-corrected chi connectivity index (χ3v) is 5.01. The first-order valence-corrected chi connectivity index (χ1v) is 9.17. The molecule has 0 amide bonds. The minimum Gasteiger partial charge on any atom is -0.465 e. The topological polar surface area (TPSA) is 62.7 Å². The molecule has 2 rings (SSSR count). The highest BCUT2D eigenvalue weighted by Gasteiger charge is 2.08. The van der Waals surface area contributed by atoms with Gasteiger partial charge in [-0.25, -0.2) is 4.79 Å². The number of carbonyl (C=O) groups excluding carboxylic acids is 1. The Bertz CT molecular complexity index is 687. The molecular weight excluding hydrogens is 461 g/mol. The lowest BCUT2D eigenvalue weighted by Gasteiger charge is -2.15. The van der Waals surface area contributed by atoms with E-state index in [0.29, 0.717) is 11.5 Å². The van der Waals surface area contributed by atoms with Gasteiger partial charge >= 0.3 is 5.97 Å². The van der Waals surface area contributed by atoms with E-state index >= 15 is 0 Å². The van der Waals surface area contributed by atoms with Crippen LogP contribution in [0.4, 0.5) is 0 Å². The molecule has 2 N–H and O–H groups in total. The van der Waals surface area contributed by atoms with Crippen LogP contribution in [-0.4, -0.2) is 39.2 Å². The van der Waals surface area contributed by atoms with Crippen molar-refractivity contribution in [3.8, 4) is 0 Å². The van der Waals surface area contributed by atoms with Crippen LogP contribution in [-0.2, 0) is 11.2 Å². The average molecular weight is 487 g/mol. The number of methoxy groups -OCH3 is 1. The van der Waals surface area contributed by atoms with E-state index in [4.69, 9.17) is 4.74 Å². The Labute approximate surface area is 176 Å². The molecule has 0 spiro atoms. The number of benzene rings is 1. The van der Waals surface area contributed by atoms with Crippen LogP contribution in [0, 0.1) is 0 Å². The molecule has 5 nitrogen and oxygen atoms in total. The van der Waals surface area contributed by atoms with Gasteiger partial charge in [0.25, 0.3) is 0 Å². The van der Waals surface area contributed by atoms with Gasteiger partial charge < -0.3 is 15.4 Å². The highest BCUT2D eigenvalue weighted by molar-refractivity contribution is 14.0. The van der Waals surface area contributed by atoms with Crippen LogP contribution < -0.4 is 10.6 Å². The highest BCUT2D eigenvalue weighted by Crippen LogP contribution is 2.19. The van der Waals surface area contributed by atoms with Crippen molar-refractivity contribution in [1.82, 2.24) is 10.6 Å². The molecule has 0 saturated heterocycles. The fraction of sp³-hybridized carbons (Fsp3) is 0.368. The van der Waals surface area contributed by atoms with Gasteiger partial charge in [0.15, 0.2) is 5.96 Å². The number of ether oxygens (including phenoxy) is 1. The van der Waals surface area contributed by atoms with Crippen LogP contribution in [0.5, 0.6) is 0 Å². The van der Waals surface area contributed by atoms with Crippen molar-refractivity contribution >= 4 is 47.2 Å². The summed E-state index contributed by atoms with van der Waals surface area (Å²) in [7, 11) is 3.16. The zero-order valence-corrected chi connectivity index (χ0v) is 18.5. The molecule has 26 heavy (non-hydrogen) atoms. The van der Waals surface area contributed by atoms with E-state index in [-0.39, 0.29) is 29.9 Å². The summed E-state index contributed by atoms with van der Waals surface area (Å²) in [5.41, 5.74) is 1.72. The van der Waals surface area contributed by atoms with Gasteiger partial charge in [-0.2, -0.15) is 0 Å². The number of nitrogens with one attached hydrogen (secondary N) is 2. The first-order valence-electron chi connectivity index (χ1n) is 8.29. The molecule has 0 aliphatic heterocycles. The Kier molecular flexibility index (Phi) is 10.3. The number of aliphatic imine (C=N–C) groups is 1. The molecule has 0 fully saturated rings. The van der Waals surface area contributed by atoms with Crippen LogP contribution in [0.15, 0.2) is 46.8 Å². The number of esters is 1. The molecular formula is C19H26IN3O2S. The Morgan fingerprint density at radius 3 is 2.54 bits per heavy atom. The van der Waals surface area contributed by atoms with Crippen molar-refractivity contribution < 1.29 is 9.53 Å². The minimum absolute atomic E-state index is 0. The van der Waals surface area contributed by atoms with Gasteiger partial charge in [0, 0.05) is 30.9 Å². The van der Waals surface area contributed by atoms with Crippen molar-refractivity contribution in [3.05, 3.63) is 57.8 Å². The number of rotatable bonds is 7. The maximum absolute atomic E-state index is 11.4.